The number of phenols is 1. The van der Waals surface area contributed by atoms with E-state index in [1.165, 1.54) is 11.1 Å². The van der Waals surface area contributed by atoms with Crippen molar-refractivity contribution in [3.05, 3.63) is 101 Å². The van der Waals surface area contributed by atoms with Gasteiger partial charge in [0.2, 0.25) is 0 Å². The Balaban J connectivity index is 1.90. The van der Waals surface area contributed by atoms with E-state index in [9.17, 15) is 9.90 Å². The van der Waals surface area contributed by atoms with Crippen LogP contribution in [-0.4, -0.2) is 23.3 Å². The van der Waals surface area contributed by atoms with Crippen LogP contribution in [0.3, 0.4) is 0 Å². The fourth-order valence-corrected chi connectivity index (χ4v) is 3.95. The van der Waals surface area contributed by atoms with Crippen molar-refractivity contribution in [3.63, 3.8) is 0 Å². The number of carbonyl (C=O) groups excluding carboxylic acids is 1. The average Bonchev–Trinajstić information content (AvgIpc) is 2.81. The lowest BCUT2D eigenvalue weighted by Gasteiger charge is -2.21. The summed E-state index contributed by atoms with van der Waals surface area (Å²) in [5, 5.41) is 12.7. The van der Waals surface area contributed by atoms with Gasteiger partial charge in [0.05, 0.1) is 0 Å². The van der Waals surface area contributed by atoms with Crippen LogP contribution in [0.1, 0.15) is 69.2 Å². The van der Waals surface area contributed by atoms with Gasteiger partial charge >= 0.3 is 6.09 Å². The standard InChI is InChI=1S/C30H35NO3/c1-6-27(23-10-8-7-9-11-23)28(25-16-18-26(32)19-17-25)24-14-12-22(13-15-24)21(2)20-31-29(33)34-30(3,4)5/h7-19,21,32H,6,20H2,1-5H3,(H,31,33)/b28-27+. The SMILES string of the molecule is CC/C(=C(\c1ccc(O)cc1)c1ccc(C(C)CNC(=O)OC(C)(C)C)cc1)c1ccccc1. The van der Waals surface area contributed by atoms with Gasteiger partial charge in [-0.1, -0.05) is 80.6 Å². The molecule has 0 bridgehead atoms. The number of phenolic OH excluding ortho intramolecular Hbond substituents is 1. The first kappa shape index (κ1) is 25.1. The third-order valence-corrected chi connectivity index (χ3v) is 5.65. The summed E-state index contributed by atoms with van der Waals surface area (Å²) < 4.78 is 5.34. The molecule has 3 rings (SSSR count). The first-order valence-electron chi connectivity index (χ1n) is 11.8. The summed E-state index contributed by atoms with van der Waals surface area (Å²) in [4.78, 5) is 12.0. The van der Waals surface area contributed by atoms with Crippen molar-refractivity contribution in [2.75, 3.05) is 6.54 Å². The average molecular weight is 458 g/mol. The summed E-state index contributed by atoms with van der Waals surface area (Å²) in [5.74, 6) is 0.393. The normalized spacial score (nSPS) is 13.1. The molecule has 0 heterocycles. The predicted molar refractivity (Wildman–Crippen MR) is 140 cm³/mol. The largest absolute Gasteiger partial charge is 0.508 e. The number of nitrogens with one attached hydrogen (secondary N) is 1. The molecule has 0 aliphatic carbocycles. The highest BCUT2D eigenvalue weighted by molar-refractivity contribution is 5.98. The summed E-state index contributed by atoms with van der Waals surface area (Å²) in [7, 11) is 0. The summed E-state index contributed by atoms with van der Waals surface area (Å²) in [6, 6.07) is 26.3. The number of alkyl carbamates (subject to hydrolysis) is 1. The highest BCUT2D eigenvalue weighted by Crippen LogP contribution is 2.35. The van der Waals surface area contributed by atoms with Crippen molar-refractivity contribution in [2.24, 2.45) is 0 Å². The highest BCUT2D eigenvalue weighted by atomic mass is 16.6. The van der Waals surface area contributed by atoms with Crippen LogP contribution in [0, 0.1) is 0 Å². The Morgan fingerprint density at radius 3 is 1.97 bits per heavy atom. The Kier molecular flexibility index (Phi) is 8.17. The van der Waals surface area contributed by atoms with Gasteiger partial charge in [0.25, 0.3) is 0 Å². The molecule has 3 aromatic rings. The Morgan fingerprint density at radius 1 is 0.882 bits per heavy atom. The smallest absolute Gasteiger partial charge is 0.407 e. The molecule has 3 aromatic carbocycles. The molecule has 4 nitrogen and oxygen atoms in total. The molecular weight excluding hydrogens is 422 g/mol. The second-order valence-electron chi connectivity index (χ2n) is 9.53. The van der Waals surface area contributed by atoms with E-state index in [2.05, 4.69) is 67.7 Å². The van der Waals surface area contributed by atoms with Crippen LogP contribution < -0.4 is 5.32 Å². The van der Waals surface area contributed by atoms with E-state index in [4.69, 9.17) is 4.74 Å². The molecule has 0 aliphatic heterocycles. The summed E-state index contributed by atoms with van der Waals surface area (Å²) in [5.41, 5.74) is 6.39. The molecule has 0 radical (unpaired) electrons. The molecule has 0 saturated heterocycles. The van der Waals surface area contributed by atoms with E-state index < -0.39 is 11.7 Å². The molecule has 1 amide bonds. The maximum atomic E-state index is 12.0. The number of carbonyl (C=O) groups is 1. The molecule has 0 spiro atoms. The lowest BCUT2D eigenvalue weighted by Crippen LogP contribution is -2.34. The zero-order valence-corrected chi connectivity index (χ0v) is 20.8. The zero-order chi connectivity index (χ0) is 24.7. The maximum absolute atomic E-state index is 12.0. The lowest BCUT2D eigenvalue weighted by atomic mass is 9.87. The molecule has 0 aliphatic rings. The van der Waals surface area contributed by atoms with Crippen molar-refractivity contribution in [3.8, 4) is 5.75 Å². The Morgan fingerprint density at radius 2 is 1.44 bits per heavy atom. The van der Waals surface area contributed by atoms with Crippen LogP contribution in [-0.2, 0) is 4.74 Å². The Hall–Kier alpha value is -3.53. The minimum Gasteiger partial charge on any atom is -0.508 e. The van der Waals surface area contributed by atoms with E-state index >= 15 is 0 Å². The van der Waals surface area contributed by atoms with Gasteiger partial charge in [0.15, 0.2) is 0 Å². The lowest BCUT2D eigenvalue weighted by molar-refractivity contribution is 0.0525. The first-order chi connectivity index (χ1) is 16.2. The van der Waals surface area contributed by atoms with Gasteiger partial charge < -0.3 is 15.2 Å². The number of ether oxygens (including phenoxy) is 1. The molecule has 34 heavy (non-hydrogen) atoms. The van der Waals surface area contributed by atoms with Crippen molar-refractivity contribution < 1.29 is 14.6 Å². The topological polar surface area (TPSA) is 58.6 Å². The number of hydrogen-bond acceptors (Lipinski definition) is 3. The summed E-state index contributed by atoms with van der Waals surface area (Å²) >= 11 is 0. The monoisotopic (exact) mass is 457 g/mol. The molecule has 1 unspecified atom stereocenters. The summed E-state index contributed by atoms with van der Waals surface area (Å²) in [6.07, 6.45) is 0.474. The number of amides is 1. The van der Waals surface area contributed by atoms with Crippen molar-refractivity contribution in [1.82, 2.24) is 5.32 Å². The third kappa shape index (κ3) is 6.74. The fraction of sp³-hybridized carbons (Fsp3) is 0.300. The second kappa shape index (κ2) is 11.1. The number of benzene rings is 3. The first-order valence-corrected chi connectivity index (χ1v) is 11.8. The highest BCUT2D eigenvalue weighted by Gasteiger charge is 2.17. The molecule has 1 atom stereocenters. The van der Waals surface area contributed by atoms with Crippen molar-refractivity contribution in [2.45, 2.75) is 52.6 Å². The van der Waals surface area contributed by atoms with Gasteiger partial charge in [-0.2, -0.15) is 0 Å². The third-order valence-electron chi connectivity index (χ3n) is 5.65. The van der Waals surface area contributed by atoms with Gasteiger partial charge in [-0.25, -0.2) is 4.79 Å². The van der Waals surface area contributed by atoms with Crippen LogP contribution in [0.25, 0.3) is 11.1 Å². The number of aromatic hydroxyl groups is 1. The molecule has 0 fully saturated rings. The molecule has 4 heteroatoms. The van der Waals surface area contributed by atoms with Gasteiger partial charge in [0.1, 0.15) is 11.4 Å². The Bertz CT molecular complexity index is 1110. The van der Waals surface area contributed by atoms with Crippen LogP contribution >= 0.6 is 0 Å². The van der Waals surface area contributed by atoms with Crippen LogP contribution in [0.4, 0.5) is 4.79 Å². The van der Waals surface area contributed by atoms with E-state index in [0.717, 1.165) is 28.7 Å². The summed E-state index contributed by atoms with van der Waals surface area (Å²) in [6.45, 7) is 10.3. The number of hydrogen-bond donors (Lipinski definition) is 2. The van der Waals surface area contributed by atoms with E-state index in [-0.39, 0.29) is 11.7 Å². The van der Waals surface area contributed by atoms with Gasteiger partial charge in [0, 0.05) is 6.54 Å². The quantitative estimate of drug-likeness (QED) is 0.364. The van der Waals surface area contributed by atoms with Crippen molar-refractivity contribution >= 4 is 17.2 Å². The molecule has 0 saturated carbocycles. The van der Waals surface area contributed by atoms with Gasteiger partial charge in [-0.05, 0) is 78.6 Å². The van der Waals surface area contributed by atoms with Crippen LogP contribution in [0.2, 0.25) is 0 Å². The fourth-order valence-electron chi connectivity index (χ4n) is 3.95. The van der Waals surface area contributed by atoms with Gasteiger partial charge in [-0.15, -0.1) is 0 Å². The second-order valence-corrected chi connectivity index (χ2v) is 9.53. The van der Waals surface area contributed by atoms with Crippen molar-refractivity contribution in [1.29, 1.82) is 0 Å². The minimum absolute atomic E-state index is 0.141. The number of allylic oxidation sites excluding steroid dienone is 1. The molecular formula is C30H35NO3. The van der Waals surface area contributed by atoms with Crippen LogP contribution in [0.15, 0.2) is 78.9 Å². The molecule has 178 valence electrons. The van der Waals surface area contributed by atoms with E-state index in [0.29, 0.717) is 6.54 Å². The number of rotatable bonds is 7. The van der Waals surface area contributed by atoms with E-state index in [1.54, 1.807) is 12.1 Å². The zero-order valence-electron chi connectivity index (χ0n) is 20.8. The van der Waals surface area contributed by atoms with Gasteiger partial charge in [-0.3, -0.25) is 0 Å². The maximum Gasteiger partial charge on any atom is 0.407 e. The Labute approximate surface area is 203 Å². The predicted octanol–water partition coefficient (Wildman–Crippen LogP) is 7.39. The van der Waals surface area contributed by atoms with E-state index in [1.807, 2.05) is 39.0 Å². The van der Waals surface area contributed by atoms with Crippen LogP contribution in [0.5, 0.6) is 5.75 Å². The minimum atomic E-state index is -0.512. The molecule has 0 aromatic heterocycles. The molecule has 2 N–H and O–H groups in total.